The molecular weight excluding hydrogens is 607 g/mol. The minimum Gasteiger partial charge on any atom is -0.343 e. The normalized spacial score (nSPS) is 11.8. The van der Waals surface area contributed by atoms with Crippen molar-refractivity contribution in [3.05, 3.63) is 180 Å². The molecule has 0 unspecified atom stereocenters. The lowest BCUT2D eigenvalue weighted by atomic mass is 9.78. The number of rotatable bonds is 7. The summed E-state index contributed by atoms with van der Waals surface area (Å²) in [5, 5.41) is 3.84. The van der Waals surface area contributed by atoms with E-state index in [4.69, 9.17) is 0 Å². The number of aromatic nitrogens is 3. The van der Waals surface area contributed by atoms with Crippen molar-refractivity contribution in [2.75, 3.05) is 0 Å². The standard InChI is InChI=1S/C47H39N3/c1-4-50-40-31-19-16-28-37(40)43(47(50)34-24-12-7-13-25-34)44(41-35-26-14-17-29-38(35)48(2)45(41)32-20-8-5-9-21-32)42-36-27-15-18-30-39(36)49(3)46(42)33-22-10-6-11-23-33/h5-31,44H,4H2,1-3H3. The van der Waals surface area contributed by atoms with E-state index in [0.717, 1.165) is 6.54 Å². The second kappa shape index (κ2) is 12.1. The first kappa shape index (κ1) is 30.0. The van der Waals surface area contributed by atoms with Gasteiger partial charge in [-0.05, 0) is 58.5 Å². The highest BCUT2D eigenvalue weighted by molar-refractivity contribution is 6.02. The number of nitrogens with zero attached hydrogens (tertiary/aromatic N) is 3. The van der Waals surface area contributed by atoms with E-state index in [1.165, 1.54) is 83.2 Å². The third-order valence-corrected chi connectivity index (χ3v) is 10.6. The maximum atomic E-state index is 2.54. The first-order valence-electron chi connectivity index (χ1n) is 17.6. The molecule has 3 aromatic heterocycles. The van der Waals surface area contributed by atoms with Crippen LogP contribution in [0.3, 0.4) is 0 Å². The molecule has 0 bridgehead atoms. The van der Waals surface area contributed by atoms with Crippen LogP contribution in [0, 0.1) is 0 Å². The Bertz CT molecular complexity index is 2510. The Balaban J connectivity index is 1.55. The molecule has 0 spiro atoms. The van der Waals surface area contributed by atoms with Crippen molar-refractivity contribution in [3.8, 4) is 33.8 Å². The Morgan fingerprint density at radius 1 is 0.380 bits per heavy atom. The van der Waals surface area contributed by atoms with Gasteiger partial charge < -0.3 is 13.7 Å². The predicted molar refractivity (Wildman–Crippen MR) is 211 cm³/mol. The van der Waals surface area contributed by atoms with Crippen molar-refractivity contribution in [1.29, 1.82) is 0 Å². The molecule has 0 N–H and O–H groups in total. The molecule has 9 aromatic rings. The van der Waals surface area contributed by atoms with Gasteiger partial charge in [-0.1, -0.05) is 146 Å². The van der Waals surface area contributed by atoms with Crippen LogP contribution in [-0.2, 0) is 20.6 Å². The molecule has 50 heavy (non-hydrogen) atoms. The highest BCUT2D eigenvalue weighted by Gasteiger charge is 2.36. The second-order valence-electron chi connectivity index (χ2n) is 13.2. The van der Waals surface area contributed by atoms with Crippen molar-refractivity contribution < 1.29 is 0 Å². The summed E-state index contributed by atoms with van der Waals surface area (Å²) in [5.74, 6) is -0.120. The van der Waals surface area contributed by atoms with E-state index >= 15 is 0 Å². The van der Waals surface area contributed by atoms with Gasteiger partial charge in [-0.25, -0.2) is 0 Å². The fourth-order valence-electron chi connectivity index (χ4n) is 8.61. The first-order chi connectivity index (χ1) is 24.7. The predicted octanol–water partition coefficient (Wildman–Crippen LogP) is 11.8. The minimum absolute atomic E-state index is 0.120. The van der Waals surface area contributed by atoms with Crippen molar-refractivity contribution in [1.82, 2.24) is 13.7 Å². The summed E-state index contributed by atoms with van der Waals surface area (Å²) in [6.45, 7) is 3.14. The maximum absolute atomic E-state index is 2.54. The van der Waals surface area contributed by atoms with Gasteiger partial charge in [0.05, 0.1) is 17.1 Å². The van der Waals surface area contributed by atoms with Crippen LogP contribution in [0.15, 0.2) is 164 Å². The zero-order valence-electron chi connectivity index (χ0n) is 28.7. The van der Waals surface area contributed by atoms with E-state index in [2.05, 4.69) is 199 Å². The van der Waals surface area contributed by atoms with Crippen LogP contribution in [0.25, 0.3) is 66.5 Å². The van der Waals surface area contributed by atoms with E-state index in [0.29, 0.717) is 0 Å². The zero-order valence-corrected chi connectivity index (χ0v) is 28.7. The van der Waals surface area contributed by atoms with Gasteiger partial charge in [-0.2, -0.15) is 0 Å². The fraction of sp³-hybridized carbons (Fsp3) is 0.106. The van der Waals surface area contributed by atoms with Crippen LogP contribution < -0.4 is 0 Å². The molecule has 3 heteroatoms. The molecule has 0 radical (unpaired) electrons. The molecule has 0 saturated heterocycles. The summed E-state index contributed by atoms with van der Waals surface area (Å²) >= 11 is 0. The van der Waals surface area contributed by atoms with Crippen LogP contribution in [0.4, 0.5) is 0 Å². The van der Waals surface area contributed by atoms with E-state index < -0.39 is 0 Å². The maximum Gasteiger partial charge on any atom is 0.0533 e. The Morgan fingerprint density at radius 2 is 0.700 bits per heavy atom. The molecule has 6 aromatic carbocycles. The third kappa shape index (κ3) is 4.50. The van der Waals surface area contributed by atoms with Gasteiger partial charge in [0, 0.05) is 59.3 Å². The molecule has 0 aliphatic rings. The van der Waals surface area contributed by atoms with Gasteiger partial charge in [-0.15, -0.1) is 0 Å². The molecule has 0 amide bonds. The van der Waals surface area contributed by atoms with Gasteiger partial charge in [0.25, 0.3) is 0 Å². The lowest BCUT2D eigenvalue weighted by Gasteiger charge is -2.24. The Hall–Kier alpha value is -6.06. The summed E-state index contributed by atoms with van der Waals surface area (Å²) < 4.78 is 7.37. The molecule has 3 nitrogen and oxygen atoms in total. The highest BCUT2D eigenvalue weighted by atomic mass is 15.0. The van der Waals surface area contributed by atoms with E-state index in [1.807, 2.05) is 0 Å². The summed E-state index contributed by atoms with van der Waals surface area (Å²) in [7, 11) is 4.47. The highest BCUT2D eigenvalue weighted by Crippen LogP contribution is 2.53. The third-order valence-electron chi connectivity index (χ3n) is 10.6. The Morgan fingerprint density at radius 3 is 1.12 bits per heavy atom. The largest absolute Gasteiger partial charge is 0.343 e. The first-order valence-corrected chi connectivity index (χ1v) is 17.6. The number of hydrogen-bond acceptors (Lipinski definition) is 0. The molecule has 0 fully saturated rings. The molecule has 0 aliphatic carbocycles. The second-order valence-corrected chi connectivity index (χ2v) is 13.2. The van der Waals surface area contributed by atoms with Crippen LogP contribution in [-0.4, -0.2) is 13.7 Å². The molecule has 0 atom stereocenters. The number of fused-ring (bicyclic) bond motifs is 3. The van der Waals surface area contributed by atoms with E-state index in [9.17, 15) is 0 Å². The summed E-state index contributed by atoms with van der Waals surface area (Å²) in [4.78, 5) is 0. The molecule has 9 rings (SSSR count). The van der Waals surface area contributed by atoms with Gasteiger partial charge in [0.2, 0.25) is 0 Å². The smallest absolute Gasteiger partial charge is 0.0533 e. The van der Waals surface area contributed by atoms with E-state index in [-0.39, 0.29) is 5.92 Å². The number of hydrogen-bond donors (Lipinski definition) is 0. The number of aryl methyl sites for hydroxylation is 3. The Kier molecular flexibility index (Phi) is 7.28. The lowest BCUT2D eigenvalue weighted by molar-refractivity contribution is 0.798. The van der Waals surface area contributed by atoms with Crippen molar-refractivity contribution in [2.45, 2.75) is 19.4 Å². The summed E-state index contributed by atoms with van der Waals surface area (Å²) in [6.07, 6.45) is 0. The van der Waals surface area contributed by atoms with Crippen molar-refractivity contribution >= 4 is 32.7 Å². The number of para-hydroxylation sites is 3. The molecule has 242 valence electrons. The Labute approximate surface area is 293 Å². The van der Waals surface area contributed by atoms with Gasteiger partial charge >= 0.3 is 0 Å². The molecular formula is C47H39N3. The minimum atomic E-state index is -0.120. The van der Waals surface area contributed by atoms with Gasteiger partial charge in [0.1, 0.15) is 0 Å². The van der Waals surface area contributed by atoms with Gasteiger partial charge in [-0.3, -0.25) is 0 Å². The van der Waals surface area contributed by atoms with Crippen LogP contribution in [0.2, 0.25) is 0 Å². The summed E-state index contributed by atoms with van der Waals surface area (Å²) in [6, 6.07) is 60.0. The van der Waals surface area contributed by atoms with Crippen LogP contribution >= 0.6 is 0 Å². The zero-order chi connectivity index (χ0) is 33.8. The van der Waals surface area contributed by atoms with E-state index in [1.54, 1.807) is 0 Å². The molecule has 0 aliphatic heterocycles. The van der Waals surface area contributed by atoms with Gasteiger partial charge in [0.15, 0.2) is 0 Å². The fourth-order valence-corrected chi connectivity index (χ4v) is 8.61. The van der Waals surface area contributed by atoms with Crippen molar-refractivity contribution in [3.63, 3.8) is 0 Å². The monoisotopic (exact) mass is 645 g/mol. The topological polar surface area (TPSA) is 14.8 Å². The van der Waals surface area contributed by atoms with Crippen LogP contribution in [0.5, 0.6) is 0 Å². The average molecular weight is 646 g/mol. The molecule has 3 heterocycles. The lowest BCUT2D eigenvalue weighted by Crippen LogP contribution is -2.09. The quantitative estimate of drug-likeness (QED) is 0.164. The average Bonchev–Trinajstić information content (AvgIpc) is 3.78. The summed E-state index contributed by atoms with van der Waals surface area (Å²) in [5.41, 5.74) is 15.2. The van der Waals surface area contributed by atoms with Crippen molar-refractivity contribution in [2.24, 2.45) is 14.1 Å². The number of benzene rings is 6. The van der Waals surface area contributed by atoms with Crippen LogP contribution in [0.1, 0.15) is 29.5 Å². The molecule has 0 saturated carbocycles. The SMILES string of the molecule is CCn1c(-c2ccccc2)c(C(c2c(-c3ccccc3)n(C)c3ccccc23)c2c(-c3ccccc3)n(C)c3ccccc23)c2ccccc21.